The van der Waals surface area contributed by atoms with Crippen LogP contribution in [0.1, 0.15) is 41.0 Å². The zero-order valence-electron chi connectivity index (χ0n) is 14.9. The smallest absolute Gasteiger partial charge is 0.309 e. The Balaban J connectivity index is 2.07. The van der Waals surface area contributed by atoms with Gasteiger partial charge in [-0.25, -0.2) is 0 Å². The van der Waals surface area contributed by atoms with E-state index in [0.29, 0.717) is 6.42 Å². The molecule has 1 saturated heterocycles. The molecule has 0 unspecified atom stereocenters. The molecule has 0 aromatic rings. The molecule has 0 spiro atoms. The molecular weight excluding hydrogens is 308 g/mol. The number of rotatable bonds is 2. The van der Waals surface area contributed by atoms with Crippen molar-refractivity contribution in [3.05, 3.63) is 12.2 Å². The van der Waals surface area contributed by atoms with Crippen molar-refractivity contribution in [2.75, 3.05) is 0 Å². The minimum Gasteiger partial charge on any atom is -0.462 e. The summed E-state index contributed by atoms with van der Waals surface area (Å²) in [5, 5.41) is 0. The van der Waals surface area contributed by atoms with Gasteiger partial charge in [-0.15, -0.1) is 0 Å². The fourth-order valence-corrected chi connectivity index (χ4v) is 4.70. The first-order chi connectivity index (χ1) is 11.2. The van der Waals surface area contributed by atoms with Gasteiger partial charge in [-0.3, -0.25) is 14.4 Å². The number of ketones is 1. The van der Waals surface area contributed by atoms with E-state index < -0.39 is 11.5 Å². The molecule has 0 aromatic heterocycles. The Morgan fingerprint density at radius 2 is 2.00 bits per heavy atom. The lowest BCUT2D eigenvalue weighted by molar-refractivity contribution is -0.170. The van der Waals surface area contributed by atoms with E-state index in [1.54, 1.807) is 19.9 Å². The minimum atomic E-state index is -0.828. The lowest BCUT2D eigenvalue weighted by atomic mass is 9.66. The second-order valence-electron chi connectivity index (χ2n) is 8.10. The van der Waals surface area contributed by atoms with Gasteiger partial charge in [0.05, 0.1) is 17.3 Å². The van der Waals surface area contributed by atoms with Gasteiger partial charge in [-0.1, -0.05) is 33.8 Å². The molecule has 1 aliphatic heterocycles. The molecule has 5 heteroatoms. The summed E-state index contributed by atoms with van der Waals surface area (Å²) in [6, 6.07) is 0. The van der Waals surface area contributed by atoms with Crippen molar-refractivity contribution in [3.8, 4) is 0 Å². The fraction of sp³-hybridized carbons (Fsp3) is 0.737. The largest absolute Gasteiger partial charge is 0.462 e. The van der Waals surface area contributed by atoms with Crippen molar-refractivity contribution in [2.45, 2.75) is 53.2 Å². The monoisotopic (exact) mass is 334 g/mol. The molecule has 3 aliphatic rings. The quantitative estimate of drug-likeness (QED) is 0.726. The molecule has 3 rings (SSSR count). The molecule has 2 aliphatic carbocycles. The van der Waals surface area contributed by atoms with Gasteiger partial charge in [0.15, 0.2) is 5.78 Å². The van der Waals surface area contributed by atoms with E-state index in [9.17, 15) is 14.4 Å². The topological polar surface area (TPSA) is 69.7 Å². The van der Waals surface area contributed by atoms with E-state index in [0.717, 1.165) is 0 Å². The molecule has 0 amide bonds. The van der Waals surface area contributed by atoms with Crippen molar-refractivity contribution >= 4 is 17.7 Å². The number of fused-ring (bicyclic) bond motifs is 2. The van der Waals surface area contributed by atoms with Crippen LogP contribution in [0.5, 0.6) is 0 Å². The van der Waals surface area contributed by atoms with Crippen molar-refractivity contribution in [3.63, 3.8) is 0 Å². The average molecular weight is 334 g/mol. The van der Waals surface area contributed by atoms with Crippen LogP contribution in [-0.4, -0.2) is 29.9 Å². The molecule has 0 radical (unpaired) electrons. The second kappa shape index (κ2) is 5.71. The highest BCUT2D eigenvalue weighted by Crippen LogP contribution is 2.54. The Bertz CT molecular complexity index is 607. The number of hydrogen-bond donors (Lipinski definition) is 0. The average Bonchev–Trinajstić information content (AvgIpc) is 2.92. The molecule has 1 heterocycles. The molecule has 1 saturated carbocycles. The van der Waals surface area contributed by atoms with Crippen molar-refractivity contribution in [1.29, 1.82) is 0 Å². The maximum atomic E-state index is 12.8. The van der Waals surface area contributed by atoms with Gasteiger partial charge in [0, 0.05) is 5.92 Å². The summed E-state index contributed by atoms with van der Waals surface area (Å²) in [7, 11) is 0. The first-order valence-corrected chi connectivity index (χ1v) is 8.81. The Kier molecular flexibility index (Phi) is 4.09. The van der Waals surface area contributed by atoms with E-state index in [2.05, 4.69) is 6.92 Å². The molecule has 7 atom stereocenters. The number of esters is 2. The number of carbonyl (C=O) groups is 3. The summed E-state index contributed by atoms with van der Waals surface area (Å²) < 4.78 is 11.4. The molecule has 2 fully saturated rings. The zero-order chi connectivity index (χ0) is 17.8. The van der Waals surface area contributed by atoms with Gasteiger partial charge in [-0.05, 0) is 31.3 Å². The van der Waals surface area contributed by atoms with Crippen molar-refractivity contribution in [1.82, 2.24) is 0 Å². The highest BCUT2D eigenvalue weighted by molar-refractivity contribution is 5.98. The summed E-state index contributed by atoms with van der Waals surface area (Å²) in [5.41, 5.74) is -0.828. The van der Waals surface area contributed by atoms with Crippen LogP contribution in [0.25, 0.3) is 0 Å². The van der Waals surface area contributed by atoms with Crippen LogP contribution in [0.2, 0.25) is 0 Å². The lowest BCUT2D eigenvalue weighted by Gasteiger charge is -2.40. The third-order valence-electron chi connectivity index (χ3n) is 6.20. The number of allylic oxidation sites excluding steroid dienone is 2. The van der Waals surface area contributed by atoms with Crippen molar-refractivity contribution in [2.24, 2.45) is 35.0 Å². The van der Waals surface area contributed by atoms with Crippen LogP contribution in [0.4, 0.5) is 0 Å². The van der Waals surface area contributed by atoms with E-state index in [4.69, 9.17) is 9.47 Å². The van der Waals surface area contributed by atoms with Crippen LogP contribution in [-0.2, 0) is 23.9 Å². The van der Waals surface area contributed by atoms with Gasteiger partial charge in [0.1, 0.15) is 12.2 Å². The SMILES string of the molecule is CC(C)C(=O)O[C@@H]1[C@@H]2[C@H](C[C@H](C)[C@H]3C=CC(=O)[C@@]31C)OC(=O)[C@@H]2C. The number of hydrogen-bond acceptors (Lipinski definition) is 5. The molecule has 0 bridgehead atoms. The molecular formula is C19H26O5. The number of ether oxygens (including phenoxy) is 2. The third kappa shape index (κ3) is 2.32. The van der Waals surface area contributed by atoms with E-state index >= 15 is 0 Å². The van der Waals surface area contributed by atoms with Crippen LogP contribution in [0, 0.1) is 35.0 Å². The van der Waals surface area contributed by atoms with Gasteiger partial charge < -0.3 is 9.47 Å². The predicted molar refractivity (Wildman–Crippen MR) is 86.8 cm³/mol. The Hall–Kier alpha value is -1.65. The first kappa shape index (κ1) is 17.2. The maximum Gasteiger partial charge on any atom is 0.309 e. The predicted octanol–water partition coefficient (Wildman–Crippen LogP) is 2.53. The Morgan fingerprint density at radius 3 is 2.62 bits per heavy atom. The highest BCUT2D eigenvalue weighted by atomic mass is 16.6. The summed E-state index contributed by atoms with van der Waals surface area (Å²) in [4.78, 5) is 37.2. The number of carbonyl (C=O) groups excluding carboxylic acids is 3. The molecule has 132 valence electrons. The summed E-state index contributed by atoms with van der Waals surface area (Å²) in [6.07, 6.45) is 3.30. The van der Waals surface area contributed by atoms with Crippen molar-refractivity contribution < 1.29 is 23.9 Å². The summed E-state index contributed by atoms with van der Waals surface area (Å²) in [6.45, 7) is 9.31. The van der Waals surface area contributed by atoms with Gasteiger partial charge >= 0.3 is 11.9 Å². The van der Waals surface area contributed by atoms with Gasteiger partial charge in [-0.2, -0.15) is 0 Å². The Labute approximate surface area is 142 Å². The normalized spacial score (nSPS) is 44.1. The molecule has 24 heavy (non-hydrogen) atoms. The minimum absolute atomic E-state index is 0.00790. The summed E-state index contributed by atoms with van der Waals surface area (Å²) >= 11 is 0. The summed E-state index contributed by atoms with van der Waals surface area (Å²) in [5.74, 6) is -1.39. The van der Waals surface area contributed by atoms with E-state index in [1.165, 1.54) is 0 Å². The van der Waals surface area contributed by atoms with Crippen LogP contribution in [0.3, 0.4) is 0 Å². The van der Waals surface area contributed by atoms with Crippen LogP contribution >= 0.6 is 0 Å². The molecule has 0 aromatic carbocycles. The standard InChI is InChI=1S/C19H26O5/c1-9(2)17(21)24-16-15-11(4)18(22)23-13(15)8-10(3)12-6-7-14(20)19(12,16)5/h6-7,9-13,15-16H,8H2,1-5H3/t10-,11+,12+,13-,15-,16+,19+/m0/s1. The van der Waals surface area contributed by atoms with E-state index in [1.807, 2.05) is 19.9 Å². The lowest BCUT2D eigenvalue weighted by Crippen LogP contribution is -2.50. The highest BCUT2D eigenvalue weighted by Gasteiger charge is 2.62. The Morgan fingerprint density at radius 1 is 1.33 bits per heavy atom. The van der Waals surface area contributed by atoms with E-state index in [-0.39, 0.29) is 53.4 Å². The third-order valence-corrected chi connectivity index (χ3v) is 6.20. The van der Waals surface area contributed by atoms with Crippen LogP contribution in [0.15, 0.2) is 12.2 Å². The first-order valence-electron chi connectivity index (χ1n) is 8.81. The second-order valence-corrected chi connectivity index (χ2v) is 8.10. The van der Waals surface area contributed by atoms with Gasteiger partial charge in [0.25, 0.3) is 0 Å². The van der Waals surface area contributed by atoms with Crippen LogP contribution < -0.4 is 0 Å². The van der Waals surface area contributed by atoms with Gasteiger partial charge in [0.2, 0.25) is 0 Å². The molecule has 0 N–H and O–H groups in total. The zero-order valence-corrected chi connectivity index (χ0v) is 14.9. The fourth-order valence-electron chi connectivity index (χ4n) is 4.70. The maximum absolute atomic E-state index is 12.8. The molecule has 5 nitrogen and oxygen atoms in total.